The van der Waals surface area contributed by atoms with Crippen molar-refractivity contribution in [2.45, 2.75) is 37.7 Å². The summed E-state index contributed by atoms with van der Waals surface area (Å²) >= 11 is 0. The van der Waals surface area contributed by atoms with Gasteiger partial charge in [-0.05, 0) is 35.1 Å². The molecule has 0 heterocycles. The number of benzene rings is 2. The molecule has 1 unspecified atom stereocenters. The fourth-order valence-electron chi connectivity index (χ4n) is 3.99. The predicted molar refractivity (Wildman–Crippen MR) is 123 cm³/mol. The highest BCUT2D eigenvalue weighted by Crippen LogP contribution is 2.44. The molecular weight excluding hydrogens is 424 g/mol. The first-order valence-corrected chi connectivity index (χ1v) is 11.1. The summed E-state index contributed by atoms with van der Waals surface area (Å²) < 4.78 is 10.3. The molecule has 0 aromatic heterocycles. The first-order chi connectivity index (χ1) is 16.0. The number of carbonyl (C=O) groups is 3. The molecule has 8 nitrogen and oxygen atoms in total. The third kappa shape index (κ3) is 6.55. The Hall–Kier alpha value is -3.39. The van der Waals surface area contributed by atoms with E-state index in [1.165, 1.54) is 29.4 Å². The molecule has 0 radical (unpaired) electrons. The number of alkyl carbamates (subject to hydrolysis) is 1. The molecule has 0 aliphatic heterocycles. The molecule has 0 fully saturated rings. The monoisotopic (exact) mass is 454 g/mol. The molecule has 0 saturated carbocycles. The Morgan fingerprint density at radius 3 is 2.18 bits per heavy atom. The molecule has 2 amide bonds. The van der Waals surface area contributed by atoms with Gasteiger partial charge < -0.3 is 25.2 Å². The van der Waals surface area contributed by atoms with Crippen molar-refractivity contribution in [2.75, 3.05) is 26.8 Å². The summed E-state index contributed by atoms with van der Waals surface area (Å²) in [6.07, 6.45) is 0.908. The minimum absolute atomic E-state index is 0.0282. The Balaban J connectivity index is 1.31. The number of carboxylic acids is 1. The van der Waals surface area contributed by atoms with Gasteiger partial charge in [-0.1, -0.05) is 55.0 Å². The topological polar surface area (TPSA) is 114 Å². The normalized spacial score (nSPS) is 13.0. The van der Waals surface area contributed by atoms with Gasteiger partial charge in [-0.3, -0.25) is 4.79 Å². The minimum Gasteiger partial charge on any atom is -0.479 e. The number of hydrogen-bond acceptors (Lipinski definition) is 5. The van der Waals surface area contributed by atoms with E-state index in [4.69, 9.17) is 14.6 Å². The van der Waals surface area contributed by atoms with E-state index in [2.05, 4.69) is 34.9 Å². The number of amides is 2. The van der Waals surface area contributed by atoms with Gasteiger partial charge in [0.05, 0.1) is 6.54 Å². The van der Waals surface area contributed by atoms with Gasteiger partial charge in [0.2, 0.25) is 5.91 Å². The summed E-state index contributed by atoms with van der Waals surface area (Å²) in [6.45, 7) is 0.676. The van der Waals surface area contributed by atoms with Gasteiger partial charge in [-0.2, -0.15) is 0 Å². The predicted octanol–water partition coefficient (Wildman–Crippen LogP) is 3.30. The summed E-state index contributed by atoms with van der Waals surface area (Å²) in [4.78, 5) is 34.7. The number of unbranched alkanes of at least 4 members (excludes halogenated alkanes) is 2. The molecule has 0 bridgehead atoms. The first kappa shape index (κ1) is 24.3. The summed E-state index contributed by atoms with van der Waals surface area (Å²) in [7, 11) is 1.29. The zero-order valence-electron chi connectivity index (χ0n) is 18.7. The standard InChI is InChI=1S/C25H30N2O6/c1-32-22(24(29)30)15-27-23(28)13-3-2-8-14-26-25(31)33-16-21-19-11-6-4-9-17(19)18-10-5-7-12-20(18)21/h4-7,9-12,21-22H,2-3,8,13-16H2,1H3,(H,26,31)(H,27,28)(H,29,30). The van der Waals surface area contributed by atoms with E-state index in [0.29, 0.717) is 25.8 Å². The maximum atomic E-state index is 12.1. The van der Waals surface area contributed by atoms with Crippen LogP contribution in [0.5, 0.6) is 0 Å². The van der Waals surface area contributed by atoms with Crippen molar-refractivity contribution >= 4 is 18.0 Å². The van der Waals surface area contributed by atoms with Crippen molar-refractivity contribution in [3.8, 4) is 11.1 Å². The molecule has 3 N–H and O–H groups in total. The third-order valence-corrected chi connectivity index (χ3v) is 5.74. The number of nitrogens with one attached hydrogen (secondary N) is 2. The first-order valence-electron chi connectivity index (χ1n) is 11.1. The van der Waals surface area contributed by atoms with E-state index in [0.717, 1.165) is 6.42 Å². The largest absolute Gasteiger partial charge is 0.479 e. The second-order valence-corrected chi connectivity index (χ2v) is 7.93. The summed E-state index contributed by atoms with van der Waals surface area (Å²) in [5.74, 6) is -1.31. The maximum Gasteiger partial charge on any atom is 0.407 e. The second kappa shape index (κ2) is 12.0. The fourth-order valence-corrected chi connectivity index (χ4v) is 3.99. The van der Waals surface area contributed by atoms with E-state index < -0.39 is 18.2 Å². The SMILES string of the molecule is COC(CNC(=O)CCCCCNC(=O)OCC1c2ccccc2-c2ccccc21)C(=O)O. The molecule has 176 valence electrons. The molecular formula is C25H30N2O6. The van der Waals surface area contributed by atoms with Crippen molar-refractivity contribution in [1.29, 1.82) is 0 Å². The highest BCUT2D eigenvalue weighted by Gasteiger charge is 2.28. The molecule has 0 spiro atoms. The molecule has 3 rings (SSSR count). The Kier molecular flexibility index (Phi) is 8.83. The van der Waals surface area contributed by atoms with Crippen LogP contribution in [-0.2, 0) is 19.1 Å². The van der Waals surface area contributed by atoms with Crippen molar-refractivity contribution < 1.29 is 29.0 Å². The van der Waals surface area contributed by atoms with Crippen molar-refractivity contribution in [2.24, 2.45) is 0 Å². The Morgan fingerprint density at radius 1 is 0.939 bits per heavy atom. The number of hydrogen-bond donors (Lipinski definition) is 3. The average Bonchev–Trinajstić information content (AvgIpc) is 3.14. The van der Waals surface area contributed by atoms with Crippen molar-refractivity contribution in [1.82, 2.24) is 10.6 Å². The van der Waals surface area contributed by atoms with Crippen molar-refractivity contribution in [3.63, 3.8) is 0 Å². The van der Waals surface area contributed by atoms with Crippen molar-refractivity contribution in [3.05, 3.63) is 59.7 Å². The quantitative estimate of drug-likeness (QED) is 0.424. The van der Waals surface area contributed by atoms with Gasteiger partial charge in [0.25, 0.3) is 0 Å². The lowest BCUT2D eigenvalue weighted by molar-refractivity contribution is -0.148. The number of fused-ring (bicyclic) bond motifs is 3. The molecule has 2 aromatic rings. The fraction of sp³-hybridized carbons (Fsp3) is 0.400. The van der Waals surface area contributed by atoms with Crippen LogP contribution in [0, 0.1) is 0 Å². The second-order valence-electron chi connectivity index (χ2n) is 7.93. The molecule has 8 heteroatoms. The van der Waals surface area contributed by atoms with E-state index in [1.807, 2.05) is 24.3 Å². The Morgan fingerprint density at radius 2 is 1.58 bits per heavy atom. The smallest absolute Gasteiger partial charge is 0.407 e. The Labute approximate surface area is 193 Å². The van der Waals surface area contributed by atoms with Crippen LogP contribution in [0.2, 0.25) is 0 Å². The summed E-state index contributed by atoms with van der Waals surface area (Å²) in [6, 6.07) is 16.4. The van der Waals surface area contributed by atoms with E-state index in [9.17, 15) is 14.4 Å². The summed E-state index contributed by atoms with van der Waals surface area (Å²) in [5.41, 5.74) is 4.72. The highest BCUT2D eigenvalue weighted by molar-refractivity contribution is 5.79. The van der Waals surface area contributed by atoms with Crippen LogP contribution < -0.4 is 10.6 Å². The zero-order chi connectivity index (χ0) is 23.6. The average molecular weight is 455 g/mol. The number of carboxylic acid groups (broad SMARTS) is 1. The van der Waals surface area contributed by atoms with Gasteiger partial charge in [0, 0.05) is 26.0 Å². The zero-order valence-corrected chi connectivity index (χ0v) is 18.7. The van der Waals surface area contributed by atoms with Gasteiger partial charge in [-0.15, -0.1) is 0 Å². The number of carbonyl (C=O) groups excluding carboxylic acids is 2. The van der Waals surface area contributed by atoms with Crippen LogP contribution >= 0.6 is 0 Å². The minimum atomic E-state index is -1.11. The lowest BCUT2D eigenvalue weighted by Crippen LogP contribution is -2.37. The number of aliphatic carboxylic acids is 1. The molecule has 1 aliphatic rings. The third-order valence-electron chi connectivity index (χ3n) is 5.74. The number of ether oxygens (including phenoxy) is 2. The molecule has 33 heavy (non-hydrogen) atoms. The van der Waals surface area contributed by atoms with Gasteiger partial charge in [0.1, 0.15) is 6.61 Å². The van der Waals surface area contributed by atoms with Crippen LogP contribution in [0.25, 0.3) is 11.1 Å². The number of rotatable bonds is 12. The highest BCUT2D eigenvalue weighted by atomic mass is 16.5. The van der Waals surface area contributed by atoms with Crippen LogP contribution in [0.4, 0.5) is 4.79 Å². The van der Waals surface area contributed by atoms with Crippen LogP contribution in [0.1, 0.15) is 42.7 Å². The van der Waals surface area contributed by atoms with Crippen LogP contribution in [-0.4, -0.2) is 56.0 Å². The number of methoxy groups -OCH3 is 1. The van der Waals surface area contributed by atoms with Gasteiger partial charge >= 0.3 is 12.1 Å². The van der Waals surface area contributed by atoms with E-state index in [-0.39, 0.29) is 25.0 Å². The molecule has 1 atom stereocenters. The van der Waals surface area contributed by atoms with Gasteiger partial charge in [0.15, 0.2) is 6.10 Å². The summed E-state index contributed by atoms with van der Waals surface area (Å²) in [5, 5.41) is 14.2. The lowest BCUT2D eigenvalue weighted by atomic mass is 9.98. The molecule has 2 aromatic carbocycles. The van der Waals surface area contributed by atoms with Crippen LogP contribution in [0.15, 0.2) is 48.5 Å². The Bertz CT molecular complexity index is 931. The van der Waals surface area contributed by atoms with Gasteiger partial charge in [-0.25, -0.2) is 9.59 Å². The maximum absolute atomic E-state index is 12.1. The van der Waals surface area contributed by atoms with E-state index in [1.54, 1.807) is 0 Å². The molecule has 1 aliphatic carbocycles. The van der Waals surface area contributed by atoms with E-state index >= 15 is 0 Å². The van der Waals surface area contributed by atoms with Crippen LogP contribution in [0.3, 0.4) is 0 Å². The molecule has 0 saturated heterocycles. The lowest BCUT2D eigenvalue weighted by Gasteiger charge is -2.14.